The minimum Gasteiger partial charge on any atom is -0.368 e. The molecule has 25 heavy (non-hydrogen) atoms. The van der Waals surface area contributed by atoms with Crippen molar-refractivity contribution in [2.24, 2.45) is 5.92 Å². The van der Waals surface area contributed by atoms with E-state index in [1.165, 1.54) is 25.0 Å². The lowest BCUT2D eigenvalue weighted by Gasteiger charge is -2.36. The summed E-state index contributed by atoms with van der Waals surface area (Å²) in [7, 11) is 0. The molecule has 0 bridgehead atoms. The van der Waals surface area contributed by atoms with E-state index in [4.69, 9.17) is 0 Å². The Balaban J connectivity index is 1.36. The van der Waals surface area contributed by atoms with Gasteiger partial charge in [-0.1, -0.05) is 6.92 Å². The van der Waals surface area contributed by atoms with Crippen LogP contribution in [0, 0.1) is 11.7 Å². The van der Waals surface area contributed by atoms with Gasteiger partial charge < -0.3 is 20.0 Å². The van der Waals surface area contributed by atoms with Crippen LogP contribution in [0.5, 0.6) is 0 Å². The fourth-order valence-electron chi connectivity index (χ4n) is 3.54. The number of likely N-dealkylation sites (tertiary alicyclic amines) is 1. The smallest absolute Gasteiger partial charge is 0.317 e. The molecule has 0 radical (unpaired) electrons. The van der Waals surface area contributed by atoms with E-state index in [1.807, 2.05) is 4.90 Å². The van der Waals surface area contributed by atoms with E-state index in [0.717, 1.165) is 44.3 Å². The number of anilines is 1. The van der Waals surface area contributed by atoms with Gasteiger partial charge in [0, 0.05) is 45.0 Å². The van der Waals surface area contributed by atoms with E-state index in [2.05, 4.69) is 22.0 Å². The van der Waals surface area contributed by atoms with Crippen molar-refractivity contribution in [2.45, 2.75) is 19.8 Å². The van der Waals surface area contributed by atoms with Crippen LogP contribution in [0.3, 0.4) is 0 Å². The Morgan fingerprint density at radius 1 is 1.08 bits per heavy atom. The average molecular weight is 348 g/mol. The van der Waals surface area contributed by atoms with Crippen LogP contribution in [0.25, 0.3) is 0 Å². The fraction of sp³-hybridized carbons (Fsp3) is 0.632. The first-order valence-corrected chi connectivity index (χ1v) is 9.37. The zero-order valence-electron chi connectivity index (χ0n) is 15.1. The quantitative estimate of drug-likeness (QED) is 0.908. The number of halogens is 1. The number of carbonyl (C=O) groups excluding carboxylic acids is 1. The average Bonchev–Trinajstić information content (AvgIpc) is 2.64. The lowest BCUT2D eigenvalue weighted by atomic mass is 9.99. The molecule has 3 rings (SSSR count). The molecule has 0 aliphatic carbocycles. The highest BCUT2D eigenvalue weighted by molar-refractivity contribution is 5.74. The highest BCUT2D eigenvalue weighted by atomic mass is 19.1. The molecule has 0 atom stereocenters. The summed E-state index contributed by atoms with van der Waals surface area (Å²) in [5, 5.41) is 3.05. The van der Waals surface area contributed by atoms with E-state index in [0.29, 0.717) is 19.6 Å². The van der Waals surface area contributed by atoms with E-state index in [-0.39, 0.29) is 11.8 Å². The maximum absolute atomic E-state index is 13.0. The van der Waals surface area contributed by atoms with E-state index in [9.17, 15) is 9.18 Å². The van der Waals surface area contributed by atoms with E-state index in [1.54, 1.807) is 12.1 Å². The molecule has 1 aromatic carbocycles. The summed E-state index contributed by atoms with van der Waals surface area (Å²) in [5.74, 6) is 0.619. The van der Waals surface area contributed by atoms with Gasteiger partial charge in [-0.2, -0.15) is 0 Å². The van der Waals surface area contributed by atoms with Gasteiger partial charge in [0.1, 0.15) is 5.82 Å². The van der Waals surface area contributed by atoms with Crippen LogP contribution < -0.4 is 10.2 Å². The van der Waals surface area contributed by atoms with Gasteiger partial charge >= 0.3 is 6.03 Å². The highest BCUT2D eigenvalue weighted by Gasteiger charge is 2.21. The summed E-state index contributed by atoms with van der Waals surface area (Å²) < 4.78 is 13.0. The summed E-state index contributed by atoms with van der Waals surface area (Å²) in [6.45, 7) is 9.21. The number of carbonyl (C=O) groups is 1. The topological polar surface area (TPSA) is 38.8 Å². The zero-order chi connectivity index (χ0) is 17.6. The van der Waals surface area contributed by atoms with Gasteiger partial charge in [0.05, 0.1) is 0 Å². The van der Waals surface area contributed by atoms with Crippen molar-refractivity contribution < 1.29 is 9.18 Å². The Hall–Kier alpha value is -1.82. The molecular formula is C19H29FN4O. The van der Waals surface area contributed by atoms with Gasteiger partial charge in [-0.15, -0.1) is 0 Å². The summed E-state index contributed by atoms with van der Waals surface area (Å²) in [5.41, 5.74) is 1.01. The maximum atomic E-state index is 13.0. The normalized spacial score (nSPS) is 19.9. The van der Waals surface area contributed by atoms with Crippen molar-refractivity contribution in [3.05, 3.63) is 30.1 Å². The van der Waals surface area contributed by atoms with Crippen LogP contribution >= 0.6 is 0 Å². The molecule has 2 saturated heterocycles. The SMILES string of the molecule is CC1CCN(CCNC(=O)N2CCN(c3ccc(F)cc3)CC2)CC1. The number of nitrogens with zero attached hydrogens (tertiary/aromatic N) is 3. The summed E-state index contributed by atoms with van der Waals surface area (Å²) >= 11 is 0. The Morgan fingerprint density at radius 2 is 1.72 bits per heavy atom. The predicted octanol–water partition coefficient (Wildman–Crippen LogP) is 2.39. The lowest BCUT2D eigenvalue weighted by Crippen LogP contribution is -2.52. The number of nitrogens with one attached hydrogen (secondary N) is 1. The third kappa shape index (κ3) is 5.08. The standard InChI is InChI=1S/C19H29FN4O/c1-16-6-9-22(10-7-16)11-8-21-19(25)24-14-12-23(13-15-24)18-4-2-17(20)3-5-18/h2-5,16H,6-15H2,1H3,(H,21,25). The minimum atomic E-state index is -0.218. The number of piperazine rings is 1. The number of hydrogen-bond donors (Lipinski definition) is 1. The molecule has 0 spiro atoms. The van der Waals surface area contributed by atoms with Gasteiger partial charge in [-0.05, 0) is 56.1 Å². The molecule has 2 amide bonds. The molecule has 6 heteroatoms. The van der Waals surface area contributed by atoms with Gasteiger partial charge in [0.15, 0.2) is 0 Å². The Labute approximate surface area is 149 Å². The van der Waals surface area contributed by atoms with Gasteiger partial charge in [-0.25, -0.2) is 9.18 Å². The molecular weight excluding hydrogens is 319 g/mol. The largest absolute Gasteiger partial charge is 0.368 e. The molecule has 0 aromatic heterocycles. The lowest BCUT2D eigenvalue weighted by molar-refractivity contribution is 0.179. The van der Waals surface area contributed by atoms with Gasteiger partial charge in [0.2, 0.25) is 0 Å². The van der Waals surface area contributed by atoms with Crippen molar-refractivity contribution in [1.82, 2.24) is 15.1 Å². The monoisotopic (exact) mass is 348 g/mol. The third-order valence-electron chi connectivity index (χ3n) is 5.34. The predicted molar refractivity (Wildman–Crippen MR) is 98.4 cm³/mol. The second-order valence-corrected chi connectivity index (χ2v) is 7.21. The minimum absolute atomic E-state index is 0.0316. The van der Waals surface area contributed by atoms with Crippen molar-refractivity contribution >= 4 is 11.7 Å². The van der Waals surface area contributed by atoms with Crippen LogP contribution in [0.4, 0.5) is 14.9 Å². The molecule has 138 valence electrons. The van der Waals surface area contributed by atoms with Crippen molar-refractivity contribution in [1.29, 1.82) is 0 Å². The summed E-state index contributed by atoms with van der Waals surface area (Å²) in [6, 6.07) is 6.59. The number of piperidine rings is 1. The van der Waals surface area contributed by atoms with E-state index < -0.39 is 0 Å². The molecule has 2 fully saturated rings. The number of hydrogen-bond acceptors (Lipinski definition) is 3. The number of amides is 2. The van der Waals surface area contributed by atoms with Gasteiger partial charge in [-0.3, -0.25) is 0 Å². The van der Waals surface area contributed by atoms with Crippen LogP contribution in [0.2, 0.25) is 0 Å². The second kappa shape index (κ2) is 8.52. The number of rotatable bonds is 4. The molecule has 2 heterocycles. The van der Waals surface area contributed by atoms with Gasteiger partial charge in [0.25, 0.3) is 0 Å². The third-order valence-corrected chi connectivity index (χ3v) is 5.34. The molecule has 2 aliphatic heterocycles. The molecule has 0 saturated carbocycles. The molecule has 1 aromatic rings. The first-order chi connectivity index (χ1) is 12.1. The molecule has 2 aliphatic rings. The van der Waals surface area contributed by atoms with Crippen molar-refractivity contribution in [2.75, 3.05) is 57.3 Å². The molecule has 5 nitrogen and oxygen atoms in total. The zero-order valence-corrected chi connectivity index (χ0v) is 15.1. The van der Waals surface area contributed by atoms with Crippen LogP contribution in [-0.4, -0.2) is 68.2 Å². The molecule has 0 unspecified atom stereocenters. The first-order valence-electron chi connectivity index (χ1n) is 9.37. The second-order valence-electron chi connectivity index (χ2n) is 7.21. The Morgan fingerprint density at radius 3 is 2.36 bits per heavy atom. The fourth-order valence-corrected chi connectivity index (χ4v) is 3.54. The first kappa shape index (κ1) is 18.0. The Kier molecular flexibility index (Phi) is 6.13. The van der Waals surface area contributed by atoms with Crippen molar-refractivity contribution in [3.63, 3.8) is 0 Å². The van der Waals surface area contributed by atoms with E-state index >= 15 is 0 Å². The van der Waals surface area contributed by atoms with Crippen LogP contribution in [0.1, 0.15) is 19.8 Å². The molecule has 1 N–H and O–H groups in total. The summed E-state index contributed by atoms with van der Waals surface area (Å²) in [4.78, 5) is 18.8. The van der Waals surface area contributed by atoms with Crippen molar-refractivity contribution in [3.8, 4) is 0 Å². The highest BCUT2D eigenvalue weighted by Crippen LogP contribution is 2.17. The summed E-state index contributed by atoms with van der Waals surface area (Å²) in [6.07, 6.45) is 2.53. The maximum Gasteiger partial charge on any atom is 0.317 e. The van der Waals surface area contributed by atoms with Crippen LogP contribution in [0.15, 0.2) is 24.3 Å². The Bertz CT molecular complexity index is 549. The van der Waals surface area contributed by atoms with Crippen LogP contribution in [-0.2, 0) is 0 Å². The number of benzene rings is 1. The number of urea groups is 1.